The van der Waals surface area contributed by atoms with E-state index in [0.29, 0.717) is 22.6 Å². The van der Waals surface area contributed by atoms with Crippen LogP contribution in [0.2, 0.25) is 0 Å². The van der Waals surface area contributed by atoms with Crippen LogP contribution in [-0.4, -0.2) is 17.1 Å². The normalized spacial score (nSPS) is 10.5. The Kier molecular flexibility index (Phi) is 4.74. The molecule has 0 saturated carbocycles. The summed E-state index contributed by atoms with van der Waals surface area (Å²) in [5.41, 5.74) is 1.22. The average molecular weight is 343 g/mol. The minimum Gasteiger partial charge on any atom is -0.497 e. The van der Waals surface area contributed by atoms with E-state index in [1.807, 2.05) is 0 Å². The highest BCUT2D eigenvalue weighted by atomic mass is 19.1. The largest absolute Gasteiger partial charge is 0.497 e. The maximum atomic E-state index is 13.2. The molecule has 3 aromatic rings. The summed E-state index contributed by atoms with van der Waals surface area (Å²) in [7, 11) is 1.55. The van der Waals surface area contributed by atoms with Crippen LogP contribution in [0.3, 0.4) is 0 Å². The van der Waals surface area contributed by atoms with Crippen molar-refractivity contribution in [2.24, 2.45) is 0 Å². The molecule has 0 amide bonds. The van der Waals surface area contributed by atoms with Crippen molar-refractivity contribution in [3.8, 4) is 17.0 Å². The number of halogens is 2. The number of hydrogen-bond donors (Lipinski definition) is 2. The molecule has 0 aliphatic heterocycles. The Morgan fingerprint density at radius 2 is 1.88 bits per heavy atom. The van der Waals surface area contributed by atoms with Crippen molar-refractivity contribution in [1.29, 1.82) is 0 Å². The maximum Gasteiger partial charge on any atom is 0.252 e. The van der Waals surface area contributed by atoms with Gasteiger partial charge >= 0.3 is 0 Å². The number of benzene rings is 2. The third kappa shape index (κ3) is 4.20. The number of rotatable bonds is 5. The highest BCUT2D eigenvalue weighted by Gasteiger charge is 2.06. The third-order valence-electron chi connectivity index (χ3n) is 3.49. The highest BCUT2D eigenvalue weighted by molar-refractivity contribution is 5.61. The second-order valence-corrected chi connectivity index (χ2v) is 5.34. The van der Waals surface area contributed by atoms with E-state index >= 15 is 0 Å². The summed E-state index contributed by atoms with van der Waals surface area (Å²) < 4.78 is 31.6. The van der Waals surface area contributed by atoms with Crippen LogP contribution in [0.15, 0.2) is 53.3 Å². The summed E-state index contributed by atoms with van der Waals surface area (Å²) in [6.45, 7) is 0.110. The van der Waals surface area contributed by atoms with Crippen LogP contribution in [0.1, 0.15) is 5.56 Å². The zero-order valence-electron chi connectivity index (χ0n) is 13.3. The summed E-state index contributed by atoms with van der Waals surface area (Å²) in [6, 6.07) is 11.7. The second kappa shape index (κ2) is 7.12. The van der Waals surface area contributed by atoms with Gasteiger partial charge in [0.15, 0.2) is 0 Å². The molecule has 0 aliphatic rings. The van der Waals surface area contributed by atoms with Crippen LogP contribution < -0.4 is 15.6 Å². The summed E-state index contributed by atoms with van der Waals surface area (Å²) in [4.78, 5) is 18.8. The number of nitrogens with one attached hydrogen (secondary N) is 2. The van der Waals surface area contributed by atoms with Crippen LogP contribution in [0, 0.1) is 11.6 Å². The molecule has 3 rings (SSSR count). The molecule has 0 fully saturated rings. The Balaban J connectivity index is 1.85. The van der Waals surface area contributed by atoms with Crippen LogP contribution in [0.4, 0.5) is 14.7 Å². The van der Waals surface area contributed by atoms with Crippen LogP contribution in [0.25, 0.3) is 11.3 Å². The van der Waals surface area contributed by atoms with Crippen molar-refractivity contribution in [2.45, 2.75) is 6.54 Å². The summed E-state index contributed by atoms with van der Waals surface area (Å²) >= 11 is 0. The van der Waals surface area contributed by atoms with E-state index in [2.05, 4.69) is 15.3 Å². The average Bonchev–Trinajstić information content (AvgIpc) is 2.59. The molecule has 0 bridgehead atoms. The highest BCUT2D eigenvalue weighted by Crippen LogP contribution is 2.21. The van der Waals surface area contributed by atoms with Crippen molar-refractivity contribution in [2.75, 3.05) is 12.4 Å². The lowest BCUT2D eigenvalue weighted by molar-refractivity contribution is 0.415. The van der Waals surface area contributed by atoms with Gasteiger partial charge in [0.1, 0.15) is 17.4 Å². The standard InChI is InChI=1S/C18H15F2N3O2/c1-25-15-4-2-3-12(7-15)16-9-17(24)23-18(22-16)21-10-11-5-13(19)8-14(20)6-11/h2-9H,10H2,1H3,(H2,21,22,23,24). The zero-order valence-corrected chi connectivity index (χ0v) is 13.3. The molecule has 0 saturated heterocycles. The lowest BCUT2D eigenvalue weighted by Gasteiger charge is -2.08. The Morgan fingerprint density at radius 1 is 1.12 bits per heavy atom. The van der Waals surface area contributed by atoms with Gasteiger partial charge in [-0.25, -0.2) is 13.8 Å². The Hall–Kier alpha value is -3.22. The van der Waals surface area contributed by atoms with Gasteiger partial charge in [0.25, 0.3) is 5.56 Å². The molecule has 0 unspecified atom stereocenters. The number of hydrogen-bond acceptors (Lipinski definition) is 4. The summed E-state index contributed by atoms with van der Waals surface area (Å²) in [6.07, 6.45) is 0. The molecule has 1 aromatic heterocycles. The number of methoxy groups -OCH3 is 1. The van der Waals surface area contributed by atoms with Gasteiger partial charge in [0.2, 0.25) is 5.95 Å². The van der Waals surface area contributed by atoms with Crippen LogP contribution >= 0.6 is 0 Å². The fourth-order valence-corrected chi connectivity index (χ4v) is 2.37. The van der Waals surface area contributed by atoms with E-state index in [1.165, 1.54) is 18.2 Å². The van der Waals surface area contributed by atoms with E-state index in [-0.39, 0.29) is 18.1 Å². The van der Waals surface area contributed by atoms with Crippen molar-refractivity contribution in [3.05, 3.63) is 76.1 Å². The molecule has 0 radical (unpaired) electrons. The number of anilines is 1. The first kappa shape index (κ1) is 16.6. The number of ether oxygens (including phenoxy) is 1. The zero-order chi connectivity index (χ0) is 17.8. The fourth-order valence-electron chi connectivity index (χ4n) is 2.37. The lowest BCUT2D eigenvalue weighted by Crippen LogP contribution is -2.13. The first-order valence-electron chi connectivity index (χ1n) is 7.48. The van der Waals surface area contributed by atoms with Crippen molar-refractivity contribution in [3.63, 3.8) is 0 Å². The molecular weight excluding hydrogens is 328 g/mol. The van der Waals surface area contributed by atoms with Gasteiger partial charge in [0, 0.05) is 24.2 Å². The quantitative estimate of drug-likeness (QED) is 0.746. The smallest absolute Gasteiger partial charge is 0.252 e. The molecule has 0 atom stereocenters. The molecule has 1 heterocycles. The first-order valence-corrected chi connectivity index (χ1v) is 7.48. The van der Waals surface area contributed by atoms with E-state index in [9.17, 15) is 13.6 Å². The van der Waals surface area contributed by atoms with Gasteiger partial charge in [-0.05, 0) is 29.8 Å². The molecule has 0 aliphatic carbocycles. The van der Waals surface area contributed by atoms with E-state index in [1.54, 1.807) is 31.4 Å². The lowest BCUT2D eigenvalue weighted by atomic mass is 10.1. The predicted octanol–water partition coefficient (Wildman–Crippen LogP) is 3.34. The summed E-state index contributed by atoms with van der Waals surface area (Å²) in [5, 5.41) is 2.86. The predicted molar refractivity (Wildman–Crippen MR) is 90.5 cm³/mol. The van der Waals surface area contributed by atoms with Gasteiger partial charge in [0.05, 0.1) is 12.8 Å². The van der Waals surface area contributed by atoms with Gasteiger partial charge < -0.3 is 10.1 Å². The minimum absolute atomic E-state index is 0.110. The van der Waals surface area contributed by atoms with Gasteiger partial charge in [-0.15, -0.1) is 0 Å². The van der Waals surface area contributed by atoms with Gasteiger partial charge in [-0.2, -0.15) is 0 Å². The van der Waals surface area contributed by atoms with Crippen LogP contribution in [-0.2, 0) is 6.54 Å². The second-order valence-electron chi connectivity index (χ2n) is 5.34. The molecule has 25 heavy (non-hydrogen) atoms. The molecule has 0 spiro atoms. The molecule has 7 heteroatoms. The number of aromatic nitrogens is 2. The summed E-state index contributed by atoms with van der Waals surface area (Å²) in [5.74, 6) is -0.480. The number of H-pyrrole nitrogens is 1. The monoisotopic (exact) mass is 343 g/mol. The van der Waals surface area contributed by atoms with Crippen molar-refractivity contribution < 1.29 is 13.5 Å². The van der Waals surface area contributed by atoms with Crippen molar-refractivity contribution >= 4 is 5.95 Å². The Morgan fingerprint density at radius 3 is 2.60 bits per heavy atom. The SMILES string of the molecule is COc1cccc(-c2cc(=O)[nH]c(NCc3cc(F)cc(F)c3)n2)c1. The Bertz CT molecular complexity index is 937. The van der Waals surface area contributed by atoms with Crippen LogP contribution in [0.5, 0.6) is 5.75 Å². The number of nitrogens with zero attached hydrogens (tertiary/aromatic N) is 1. The third-order valence-corrected chi connectivity index (χ3v) is 3.49. The molecule has 5 nitrogen and oxygen atoms in total. The number of aromatic amines is 1. The molecule has 128 valence electrons. The fraction of sp³-hybridized carbons (Fsp3) is 0.111. The Labute approximate surface area is 142 Å². The van der Waals surface area contributed by atoms with Gasteiger partial charge in [-0.1, -0.05) is 12.1 Å². The topological polar surface area (TPSA) is 67.0 Å². The van der Waals surface area contributed by atoms with Gasteiger partial charge in [-0.3, -0.25) is 9.78 Å². The van der Waals surface area contributed by atoms with E-state index in [0.717, 1.165) is 6.07 Å². The van der Waals surface area contributed by atoms with E-state index < -0.39 is 11.6 Å². The molecule has 2 aromatic carbocycles. The first-order chi connectivity index (χ1) is 12.0. The minimum atomic E-state index is -0.664. The molecule has 2 N–H and O–H groups in total. The maximum absolute atomic E-state index is 13.2. The van der Waals surface area contributed by atoms with E-state index in [4.69, 9.17) is 4.74 Å². The molecular formula is C18H15F2N3O2. The van der Waals surface area contributed by atoms with Crippen molar-refractivity contribution in [1.82, 2.24) is 9.97 Å².